The number of hydrogen-bond donors (Lipinski definition) is 0. The second-order valence-corrected chi connectivity index (χ2v) is 4.74. The number of benzene rings is 2. The molecule has 0 amide bonds. The Morgan fingerprint density at radius 2 is 1.88 bits per heavy atom. The fourth-order valence-corrected chi connectivity index (χ4v) is 2.61. The molecule has 1 aromatic heterocycles. The van der Waals surface area contributed by atoms with E-state index in [2.05, 4.69) is 59.4 Å². The fraction of sp³-hybridized carbons (Fsp3) is 0.0714. The van der Waals surface area contributed by atoms with Crippen molar-refractivity contribution in [1.82, 2.24) is 4.98 Å². The molecule has 0 unspecified atom stereocenters. The molecule has 0 atom stereocenters. The summed E-state index contributed by atoms with van der Waals surface area (Å²) >= 11 is 1.65. The normalized spacial score (nSPS) is 10.6. The third kappa shape index (κ3) is 1.78. The minimum absolute atomic E-state index is 1.02. The largest absolute Gasteiger partial charge is 0.320 e. The van der Waals surface area contributed by atoms with E-state index >= 15 is 0 Å². The van der Waals surface area contributed by atoms with Gasteiger partial charge < -0.3 is 4.90 Å². The van der Waals surface area contributed by atoms with Gasteiger partial charge in [0.25, 0.3) is 0 Å². The maximum Gasteiger partial charge on any atom is 0.189 e. The van der Waals surface area contributed by atoms with Gasteiger partial charge in [0, 0.05) is 24.0 Å². The van der Waals surface area contributed by atoms with E-state index in [1.807, 2.05) is 11.6 Å². The summed E-state index contributed by atoms with van der Waals surface area (Å²) in [5, 5.41) is 5.53. The van der Waals surface area contributed by atoms with Crippen molar-refractivity contribution < 1.29 is 0 Å². The highest BCUT2D eigenvalue weighted by Crippen LogP contribution is 2.31. The van der Waals surface area contributed by atoms with Crippen LogP contribution in [-0.4, -0.2) is 12.0 Å². The van der Waals surface area contributed by atoms with Gasteiger partial charge >= 0.3 is 0 Å². The highest BCUT2D eigenvalue weighted by atomic mass is 32.1. The van der Waals surface area contributed by atoms with Gasteiger partial charge in [0.2, 0.25) is 0 Å². The van der Waals surface area contributed by atoms with Crippen LogP contribution in [0.5, 0.6) is 0 Å². The lowest BCUT2D eigenvalue weighted by molar-refractivity contribution is 1.18. The molecular formula is C14H12N2S. The Morgan fingerprint density at radius 1 is 1.06 bits per heavy atom. The molecule has 0 aliphatic carbocycles. The van der Waals surface area contributed by atoms with Gasteiger partial charge in [-0.3, -0.25) is 0 Å². The first-order valence-electron chi connectivity index (χ1n) is 5.47. The second-order valence-electron chi connectivity index (χ2n) is 3.87. The van der Waals surface area contributed by atoms with Crippen LogP contribution in [0.25, 0.3) is 10.8 Å². The van der Waals surface area contributed by atoms with Crippen LogP contribution in [-0.2, 0) is 0 Å². The molecule has 0 saturated carbocycles. The molecule has 3 aromatic rings. The van der Waals surface area contributed by atoms with E-state index in [1.54, 1.807) is 11.3 Å². The van der Waals surface area contributed by atoms with E-state index in [9.17, 15) is 0 Å². The number of nitrogens with zero attached hydrogens (tertiary/aromatic N) is 2. The first-order chi connectivity index (χ1) is 8.36. The first kappa shape index (κ1) is 10.3. The van der Waals surface area contributed by atoms with Gasteiger partial charge in [-0.05, 0) is 11.5 Å². The highest BCUT2D eigenvalue weighted by Gasteiger charge is 2.08. The number of aromatic nitrogens is 1. The predicted octanol–water partition coefficient (Wildman–Crippen LogP) is 4.06. The Morgan fingerprint density at radius 3 is 2.71 bits per heavy atom. The lowest BCUT2D eigenvalue weighted by Gasteiger charge is -2.18. The molecule has 1 heterocycles. The van der Waals surface area contributed by atoms with Crippen molar-refractivity contribution in [3.63, 3.8) is 0 Å². The zero-order valence-electron chi connectivity index (χ0n) is 9.50. The average Bonchev–Trinajstić information content (AvgIpc) is 2.91. The number of rotatable bonds is 2. The molecule has 3 heteroatoms. The van der Waals surface area contributed by atoms with E-state index in [0.29, 0.717) is 0 Å². The molecule has 0 saturated heterocycles. The summed E-state index contributed by atoms with van der Waals surface area (Å²) in [5.74, 6) is 0. The number of anilines is 2. The molecule has 0 spiro atoms. The van der Waals surface area contributed by atoms with E-state index in [-0.39, 0.29) is 0 Å². The van der Waals surface area contributed by atoms with Crippen LogP contribution in [0.15, 0.2) is 54.0 Å². The van der Waals surface area contributed by atoms with E-state index in [4.69, 9.17) is 0 Å². The highest BCUT2D eigenvalue weighted by molar-refractivity contribution is 7.13. The number of thiazole rings is 1. The Labute approximate surface area is 104 Å². The van der Waals surface area contributed by atoms with Crippen molar-refractivity contribution >= 4 is 32.9 Å². The third-order valence-corrected chi connectivity index (χ3v) is 3.68. The number of fused-ring (bicyclic) bond motifs is 1. The summed E-state index contributed by atoms with van der Waals surface area (Å²) in [7, 11) is 2.06. The van der Waals surface area contributed by atoms with Crippen molar-refractivity contribution in [2.45, 2.75) is 0 Å². The molecule has 0 aliphatic heterocycles. The lowest BCUT2D eigenvalue weighted by atomic mass is 10.1. The molecule has 17 heavy (non-hydrogen) atoms. The summed E-state index contributed by atoms with van der Waals surface area (Å²) in [6, 6.07) is 14.8. The molecule has 0 bridgehead atoms. The van der Waals surface area contributed by atoms with Crippen molar-refractivity contribution in [2.75, 3.05) is 11.9 Å². The smallest absolute Gasteiger partial charge is 0.189 e. The molecule has 2 aromatic carbocycles. The van der Waals surface area contributed by atoms with Crippen LogP contribution in [0.3, 0.4) is 0 Å². The van der Waals surface area contributed by atoms with Crippen LogP contribution >= 0.6 is 11.3 Å². The molecule has 2 nitrogen and oxygen atoms in total. The number of hydrogen-bond acceptors (Lipinski definition) is 3. The van der Waals surface area contributed by atoms with Gasteiger partial charge in [-0.25, -0.2) is 4.98 Å². The summed E-state index contributed by atoms with van der Waals surface area (Å²) < 4.78 is 0. The van der Waals surface area contributed by atoms with Crippen LogP contribution in [0.1, 0.15) is 0 Å². The van der Waals surface area contributed by atoms with Gasteiger partial charge in [-0.15, -0.1) is 11.3 Å². The molecule has 0 N–H and O–H groups in total. The standard InChI is InChI=1S/C14H12N2S/c1-16(14-15-9-10-17-14)13-8-4-6-11-5-2-3-7-12(11)13/h2-10H,1H3. The Bertz CT molecular complexity index is 626. The minimum atomic E-state index is 1.02. The summed E-state index contributed by atoms with van der Waals surface area (Å²) in [5.41, 5.74) is 1.19. The van der Waals surface area contributed by atoms with Crippen LogP contribution < -0.4 is 4.90 Å². The Kier molecular flexibility index (Phi) is 2.53. The van der Waals surface area contributed by atoms with Gasteiger partial charge in [0.05, 0.1) is 5.69 Å². The van der Waals surface area contributed by atoms with Gasteiger partial charge in [-0.2, -0.15) is 0 Å². The van der Waals surface area contributed by atoms with E-state index < -0.39 is 0 Å². The van der Waals surface area contributed by atoms with Crippen LogP contribution in [0.4, 0.5) is 10.8 Å². The summed E-state index contributed by atoms with van der Waals surface area (Å²) in [4.78, 5) is 6.48. The Hall–Kier alpha value is -1.87. The molecular weight excluding hydrogens is 228 g/mol. The topological polar surface area (TPSA) is 16.1 Å². The minimum Gasteiger partial charge on any atom is -0.320 e. The molecule has 84 valence electrons. The van der Waals surface area contributed by atoms with Gasteiger partial charge in [0.1, 0.15) is 0 Å². The SMILES string of the molecule is CN(c1nccs1)c1cccc2ccccc12. The second kappa shape index (κ2) is 4.18. The maximum atomic E-state index is 4.34. The average molecular weight is 240 g/mol. The van der Waals surface area contributed by atoms with E-state index in [0.717, 1.165) is 5.13 Å². The van der Waals surface area contributed by atoms with Crippen molar-refractivity contribution in [1.29, 1.82) is 0 Å². The zero-order chi connectivity index (χ0) is 11.7. The van der Waals surface area contributed by atoms with Crippen LogP contribution in [0.2, 0.25) is 0 Å². The van der Waals surface area contributed by atoms with Crippen molar-refractivity contribution in [2.24, 2.45) is 0 Å². The first-order valence-corrected chi connectivity index (χ1v) is 6.35. The maximum absolute atomic E-state index is 4.34. The predicted molar refractivity (Wildman–Crippen MR) is 74.1 cm³/mol. The molecule has 0 fully saturated rings. The lowest BCUT2D eigenvalue weighted by Crippen LogP contribution is -2.09. The van der Waals surface area contributed by atoms with Crippen molar-refractivity contribution in [3.8, 4) is 0 Å². The van der Waals surface area contributed by atoms with Gasteiger partial charge in [0.15, 0.2) is 5.13 Å². The molecule has 3 rings (SSSR count). The Balaban J connectivity index is 2.17. The molecule has 0 radical (unpaired) electrons. The van der Waals surface area contributed by atoms with Crippen molar-refractivity contribution in [3.05, 3.63) is 54.0 Å². The van der Waals surface area contributed by atoms with Crippen LogP contribution in [0, 0.1) is 0 Å². The third-order valence-electron chi connectivity index (χ3n) is 2.83. The fourth-order valence-electron chi connectivity index (χ4n) is 1.99. The quantitative estimate of drug-likeness (QED) is 0.671. The zero-order valence-corrected chi connectivity index (χ0v) is 10.3. The van der Waals surface area contributed by atoms with Gasteiger partial charge in [-0.1, -0.05) is 36.4 Å². The van der Waals surface area contributed by atoms with E-state index in [1.165, 1.54) is 16.5 Å². The summed E-state index contributed by atoms with van der Waals surface area (Å²) in [6.07, 6.45) is 1.83. The summed E-state index contributed by atoms with van der Waals surface area (Å²) in [6.45, 7) is 0. The monoisotopic (exact) mass is 240 g/mol. The molecule has 0 aliphatic rings.